The number of benzene rings is 1. The monoisotopic (exact) mass is 306 g/mol. The minimum Gasteiger partial charge on any atom is -0.360 e. The molecule has 21 heavy (non-hydrogen) atoms. The molecule has 5 nitrogen and oxygen atoms in total. The van der Waals surface area contributed by atoms with Crippen molar-refractivity contribution in [2.45, 2.75) is 18.4 Å². The van der Waals surface area contributed by atoms with Crippen molar-refractivity contribution in [3.05, 3.63) is 41.7 Å². The lowest BCUT2D eigenvalue weighted by molar-refractivity contribution is -0.885. The SMILES string of the molecule is CSc1ccc(C[NH+](C)CC(=O)Nc2cc(C)on2)cc1. The van der Waals surface area contributed by atoms with Crippen LogP contribution in [0.2, 0.25) is 0 Å². The summed E-state index contributed by atoms with van der Waals surface area (Å²) < 4.78 is 4.91. The van der Waals surface area contributed by atoms with Crippen LogP contribution in [0.3, 0.4) is 0 Å². The molecule has 0 aliphatic heterocycles. The lowest BCUT2D eigenvalue weighted by atomic mass is 10.2. The highest BCUT2D eigenvalue weighted by Crippen LogP contribution is 2.14. The predicted molar refractivity (Wildman–Crippen MR) is 83.6 cm³/mol. The van der Waals surface area contributed by atoms with Gasteiger partial charge in [-0.2, -0.15) is 0 Å². The fraction of sp³-hybridized carbons (Fsp3) is 0.333. The number of amides is 1. The largest absolute Gasteiger partial charge is 0.360 e. The van der Waals surface area contributed by atoms with Crippen LogP contribution in [0.15, 0.2) is 39.8 Å². The van der Waals surface area contributed by atoms with Crippen LogP contribution in [-0.4, -0.2) is 30.9 Å². The summed E-state index contributed by atoms with van der Waals surface area (Å²) in [5.41, 5.74) is 1.22. The second kappa shape index (κ2) is 7.28. The Morgan fingerprint density at radius 2 is 2.10 bits per heavy atom. The second-order valence-corrected chi connectivity index (χ2v) is 5.91. The third kappa shape index (κ3) is 4.91. The predicted octanol–water partition coefficient (Wildman–Crippen LogP) is 1.36. The molecule has 0 bridgehead atoms. The maximum absolute atomic E-state index is 11.9. The molecule has 0 spiro atoms. The Hall–Kier alpha value is -1.79. The molecular formula is C15H20N3O2S+. The highest BCUT2D eigenvalue weighted by atomic mass is 32.2. The van der Waals surface area contributed by atoms with Gasteiger partial charge >= 0.3 is 0 Å². The number of hydrogen-bond acceptors (Lipinski definition) is 4. The van der Waals surface area contributed by atoms with Gasteiger partial charge in [-0.15, -0.1) is 11.8 Å². The zero-order valence-electron chi connectivity index (χ0n) is 12.5. The molecule has 1 atom stereocenters. The van der Waals surface area contributed by atoms with E-state index in [1.54, 1.807) is 24.8 Å². The number of carbonyl (C=O) groups is 1. The van der Waals surface area contributed by atoms with Gasteiger partial charge in [-0.05, 0) is 25.3 Å². The van der Waals surface area contributed by atoms with Gasteiger partial charge < -0.3 is 14.7 Å². The molecule has 6 heteroatoms. The Bertz CT molecular complexity index is 595. The number of aryl methyl sites for hydroxylation is 1. The molecule has 112 valence electrons. The maximum atomic E-state index is 11.9. The van der Waals surface area contributed by atoms with Crippen molar-refractivity contribution in [1.82, 2.24) is 5.16 Å². The van der Waals surface area contributed by atoms with Crippen LogP contribution in [0.4, 0.5) is 5.82 Å². The smallest absolute Gasteiger partial charge is 0.280 e. The van der Waals surface area contributed by atoms with Crippen LogP contribution in [0.1, 0.15) is 11.3 Å². The Balaban J connectivity index is 1.82. The molecule has 2 rings (SSSR count). The van der Waals surface area contributed by atoms with E-state index < -0.39 is 0 Å². The molecule has 0 saturated heterocycles. The molecule has 1 amide bonds. The average Bonchev–Trinajstić information content (AvgIpc) is 2.84. The number of thioether (sulfide) groups is 1. The summed E-state index contributed by atoms with van der Waals surface area (Å²) in [6.45, 7) is 2.98. The number of likely N-dealkylation sites (N-methyl/N-ethyl adjacent to an activating group) is 1. The summed E-state index contributed by atoms with van der Waals surface area (Å²) in [4.78, 5) is 14.3. The number of quaternary nitrogens is 1. The number of rotatable bonds is 6. The molecule has 1 unspecified atom stereocenters. The quantitative estimate of drug-likeness (QED) is 0.791. The van der Waals surface area contributed by atoms with Gasteiger partial charge in [0.05, 0.1) is 7.05 Å². The van der Waals surface area contributed by atoms with Crippen molar-refractivity contribution in [1.29, 1.82) is 0 Å². The van der Waals surface area contributed by atoms with E-state index in [1.807, 2.05) is 7.05 Å². The normalized spacial score (nSPS) is 12.1. The van der Waals surface area contributed by atoms with E-state index in [2.05, 4.69) is 41.0 Å². The Labute approximate surface area is 128 Å². The van der Waals surface area contributed by atoms with Gasteiger partial charge in [0.15, 0.2) is 12.4 Å². The van der Waals surface area contributed by atoms with Crippen molar-refractivity contribution >= 4 is 23.5 Å². The highest BCUT2D eigenvalue weighted by Gasteiger charge is 2.12. The van der Waals surface area contributed by atoms with E-state index in [-0.39, 0.29) is 5.91 Å². The molecule has 0 aliphatic rings. The molecule has 2 aromatic rings. The van der Waals surface area contributed by atoms with Gasteiger partial charge in [-0.1, -0.05) is 17.3 Å². The van der Waals surface area contributed by atoms with Crippen LogP contribution >= 0.6 is 11.8 Å². The van der Waals surface area contributed by atoms with Crippen LogP contribution in [0.25, 0.3) is 0 Å². The number of hydrogen-bond donors (Lipinski definition) is 2. The van der Waals surface area contributed by atoms with E-state index in [0.717, 1.165) is 11.4 Å². The van der Waals surface area contributed by atoms with E-state index in [9.17, 15) is 4.79 Å². The van der Waals surface area contributed by atoms with E-state index in [1.165, 1.54) is 10.5 Å². The zero-order valence-corrected chi connectivity index (χ0v) is 13.3. The van der Waals surface area contributed by atoms with Crippen molar-refractivity contribution in [3.8, 4) is 0 Å². The number of anilines is 1. The lowest BCUT2D eigenvalue weighted by Gasteiger charge is -2.13. The summed E-state index contributed by atoms with van der Waals surface area (Å²) >= 11 is 1.72. The van der Waals surface area contributed by atoms with Crippen molar-refractivity contribution in [3.63, 3.8) is 0 Å². The van der Waals surface area contributed by atoms with Gasteiger partial charge in [-0.25, -0.2) is 0 Å². The van der Waals surface area contributed by atoms with E-state index in [4.69, 9.17) is 4.52 Å². The van der Waals surface area contributed by atoms with Gasteiger partial charge in [0.25, 0.3) is 5.91 Å². The molecule has 1 aromatic heterocycles. The summed E-state index contributed by atoms with van der Waals surface area (Å²) in [7, 11) is 2.00. The fourth-order valence-corrected chi connectivity index (χ4v) is 2.45. The van der Waals surface area contributed by atoms with E-state index in [0.29, 0.717) is 18.1 Å². The molecule has 1 aromatic carbocycles. The van der Waals surface area contributed by atoms with E-state index >= 15 is 0 Å². The minimum atomic E-state index is -0.0680. The second-order valence-electron chi connectivity index (χ2n) is 5.03. The number of carbonyl (C=O) groups excluding carboxylic acids is 1. The topological polar surface area (TPSA) is 59.6 Å². The number of aromatic nitrogens is 1. The third-order valence-electron chi connectivity index (χ3n) is 3.02. The number of nitrogens with zero attached hydrogens (tertiary/aromatic N) is 1. The standard InChI is InChI=1S/C15H19N3O2S/c1-11-8-14(17-20-11)16-15(19)10-18(2)9-12-4-6-13(21-3)7-5-12/h4-8H,9-10H2,1-3H3,(H,16,17,19)/p+1. The number of nitrogens with one attached hydrogen (secondary N) is 2. The first-order valence-corrected chi connectivity index (χ1v) is 7.96. The van der Waals surface area contributed by atoms with Crippen molar-refractivity contribution < 1.29 is 14.2 Å². The summed E-state index contributed by atoms with van der Waals surface area (Å²) in [5, 5.41) is 6.48. The Morgan fingerprint density at radius 1 is 1.38 bits per heavy atom. The molecule has 0 fully saturated rings. The van der Waals surface area contributed by atoms with Gasteiger partial charge in [0.1, 0.15) is 12.3 Å². The summed E-state index contributed by atoms with van der Waals surface area (Å²) in [6.07, 6.45) is 2.06. The van der Waals surface area contributed by atoms with Crippen molar-refractivity contribution in [2.24, 2.45) is 0 Å². The molecule has 2 N–H and O–H groups in total. The Morgan fingerprint density at radius 3 is 2.67 bits per heavy atom. The van der Waals surface area contributed by atoms with Crippen LogP contribution in [-0.2, 0) is 11.3 Å². The van der Waals surface area contributed by atoms with Gasteiger partial charge in [-0.3, -0.25) is 4.79 Å². The van der Waals surface area contributed by atoms with Crippen LogP contribution in [0, 0.1) is 6.92 Å². The van der Waals surface area contributed by atoms with Crippen molar-refractivity contribution in [2.75, 3.05) is 25.2 Å². The Kier molecular flexibility index (Phi) is 5.41. The fourth-order valence-electron chi connectivity index (χ4n) is 2.04. The molecule has 0 radical (unpaired) electrons. The minimum absolute atomic E-state index is 0.0680. The highest BCUT2D eigenvalue weighted by molar-refractivity contribution is 7.98. The lowest BCUT2D eigenvalue weighted by Crippen LogP contribution is -3.08. The third-order valence-corrected chi connectivity index (χ3v) is 3.77. The van der Waals surface area contributed by atoms with Crippen LogP contribution in [0.5, 0.6) is 0 Å². The average molecular weight is 306 g/mol. The van der Waals surface area contributed by atoms with Gasteiger partial charge in [0, 0.05) is 16.5 Å². The first-order chi connectivity index (χ1) is 10.1. The summed E-state index contributed by atoms with van der Waals surface area (Å²) in [5.74, 6) is 1.08. The van der Waals surface area contributed by atoms with Crippen LogP contribution < -0.4 is 10.2 Å². The molecular weight excluding hydrogens is 286 g/mol. The first-order valence-electron chi connectivity index (χ1n) is 6.74. The molecule has 0 saturated carbocycles. The molecule has 0 aliphatic carbocycles. The molecule has 1 heterocycles. The first kappa shape index (κ1) is 15.6. The maximum Gasteiger partial charge on any atom is 0.280 e. The summed E-state index contributed by atoms with van der Waals surface area (Å²) in [6, 6.07) is 10.1. The zero-order chi connectivity index (χ0) is 15.2. The van der Waals surface area contributed by atoms with Gasteiger partial charge in [0.2, 0.25) is 0 Å².